The van der Waals surface area contributed by atoms with Crippen molar-refractivity contribution >= 4 is 23.9 Å². The third kappa shape index (κ3) is 16.1. The van der Waals surface area contributed by atoms with Crippen molar-refractivity contribution in [2.24, 2.45) is 0 Å². The quantitative estimate of drug-likeness (QED) is 0.0257. The summed E-state index contributed by atoms with van der Waals surface area (Å²) in [7, 11) is 0. The molecule has 0 spiro atoms. The second-order valence-corrected chi connectivity index (χ2v) is 12.3. The van der Waals surface area contributed by atoms with Crippen molar-refractivity contribution in [2.75, 3.05) is 26.4 Å². The molecule has 0 bridgehead atoms. The molecule has 0 aromatic heterocycles. The van der Waals surface area contributed by atoms with Gasteiger partial charge < -0.3 is 28.4 Å². The Labute approximate surface area is 319 Å². The molecule has 13 heteroatoms. The molecule has 0 unspecified atom stereocenters. The number of halogens is 3. The van der Waals surface area contributed by atoms with E-state index < -0.39 is 52.8 Å². The standard InChI is InChI=1S/C42H47F3O10/c1-3-36(46)52-27-15-11-7-5-9-13-25-50-32-21-17-30(18-22-32)41(48)54-35-29-34(43)40(39(45)38(35)44)55-42(49)31-19-23-33(24-20-31)51-26-14-10-6-8-12-16-28-53-37(47)4-2/h3-4,17-24,29H,1-2,5-16,25-28H2. The average molecular weight is 769 g/mol. The van der Waals surface area contributed by atoms with E-state index in [1.54, 1.807) is 0 Å². The number of carbonyl (C=O) groups excluding carboxylic acids is 4. The zero-order valence-corrected chi connectivity index (χ0v) is 30.8. The molecular formula is C42H47F3O10. The molecule has 0 saturated heterocycles. The molecule has 0 aliphatic heterocycles. The summed E-state index contributed by atoms with van der Waals surface area (Å²) in [5, 5.41) is 0. The molecule has 0 heterocycles. The Morgan fingerprint density at radius 2 is 0.891 bits per heavy atom. The van der Waals surface area contributed by atoms with Gasteiger partial charge in [0.05, 0.1) is 37.6 Å². The number of ether oxygens (including phenoxy) is 6. The van der Waals surface area contributed by atoms with Gasteiger partial charge in [-0.25, -0.2) is 23.6 Å². The average Bonchev–Trinajstić information content (AvgIpc) is 3.19. The first-order valence-electron chi connectivity index (χ1n) is 18.3. The van der Waals surface area contributed by atoms with Gasteiger partial charge in [0.25, 0.3) is 0 Å². The highest BCUT2D eigenvalue weighted by Gasteiger charge is 2.26. The Bertz CT molecular complexity index is 1710. The molecule has 0 aliphatic rings. The highest BCUT2D eigenvalue weighted by molar-refractivity contribution is 5.92. The van der Waals surface area contributed by atoms with Crippen LogP contribution in [-0.2, 0) is 19.1 Å². The first-order valence-corrected chi connectivity index (χ1v) is 18.3. The van der Waals surface area contributed by atoms with Crippen molar-refractivity contribution in [3.63, 3.8) is 0 Å². The molecule has 0 radical (unpaired) electrons. The van der Waals surface area contributed by atoms with E-state index in [0.717, 1.165) is 89.2 Å². The van der Waals surface area contributed by atoms with Crippen molar-refractivity contribution in [1.29, 1.82) is 0 Å². The molecule has 3 aromatic carbocycles. The fraction of sp³-hybridized carbons (Fsp3) is 0.381. The normalized spacial score (nSPS) is 10.6. The molecule has 0 atom stereocenters. The monoisotopic (exact) mass is 768 g/mol. The first-order chi connectivity index (χ1) is 26.6. The minimum atomic E-state index is -1.84. The third-order valence-corrected chi connectivity index (χ3v) is 8.10. The summed E-state index contributed by atoms with van der Waals surface area (Å²) >= 11 is 0. The van der Waals surface area contributed by atoms with E-state index in [1.165, 1.54) is 48.5 Å². The van der Waals surface area contributed by atoms with Crippen LogP contribution in [-0.4, -0.2) is 50.3 Å². The lowest BCUT2D eigenvalue weighted by atomic mass is 10.1. The second-order valence-electron chi connectivity index (χ2n) is 12.3. The maximum absolute atomic E-state index is 14.9. The van der Waals surface area contributed by atoms with Crippen LogP contribution >= 0.6 is 0 Å². The first kappa shape index (κ1) is 43.8. The lowest BCUT2D eigenvalue weighted by Gasteiger charge is -2.12. The smallest absolute Gasteiger partial charge is 0.343 e. The SMILES string of the molecule is C=CC(=O)OCCCCCCCCOc1ccc(C(=O)Oc2cc(F)c(OC(=O)c3ccc(OCCCCCCCCOC(=O)C=C)cc3)c(F)c2F)cc1. The number of esters is 4. The molecule has 0 amide bonds. The number of rotatable bonds is 26. The number of hydrogen-bond donors (Lipinski definition) is 0. The van der Waals surface area contributed by atoms with Crippen molar-refractivity contribution in [3.05, 3.63) is 108 Å². The molecule has 0 aliphatic carbocycles. The minimum absolute atomic E-state index is 0.0216. The molecule has 0 fully saturated rings. The molecule has 0 saturated carbocycles. The van der Waals surface area contributed by atoms with Gasteiger partial charge >= 0.3 is 23.9 Å². The summed E-state index contributed by atoms with van der Waals surface area (Å²) in [4.78, 5) is 47.2. The van der Waals surface area contributed by atoms with Crippen LogP contribution in [0.15, 0.2) is 79.9 Å². The summed E-state index contributed by atoms with van der Waals surface area (Å²) in [5.74, 6) is -9.42. The molecule has 55 heavy (non-hydrogen) atoms. The van der Waals surface area contributed by atoms with Gasteiger partial charge in [-0.15, -0.1) is 0 Å². The predicted molar refractivity (Wildman–Crippen MR) is 198 cm³/mol. The Kier molecular flexibility index (Phi) is 19.7. The van der Waals surface area contributed by atoms with E-state index in [9.17, 15) is 32.3 Å². The number of benzene rings is 3. The van der Waals surface area contributed by atoms with Gasteiger partial charge in [0, 0.05) is 18.2 Å². The zero-order valence-electron chi connectivity index (χ0n) is 30.8. The number of hydrogen-bond acceptors (Lipinski definition) is 10. The second kappa shape index (κ2) is 24.7. The molecule has 296 valence electrons. The van der Waals surface area contributed by atoms with Gasteiger partial charge in [0.2, 0.25) is 17.4 Å². The fourth-order valence-corrected chi connectivity index (χ4v) is 5.08. The van der Waals surface area contributed by atoms with Gasteiger partial charge in [-0.2, -0.15) is 8.78 Å². The van der Waals surface area contributed by atoms with E-state index in [0.29, 0.717) is 44.0 Å². The van der Waals surface area contributed by atoms with Gasteiger partial charge in [-0.05, 0) is 74.2 Å². The van der Waals surface area contributed by atoms with E-state index in [1.807, 2.05) is 0 Å². The van der Waals surface area contributed by atoms with Crippen LogP contribution < -0.4 is 18.9 Å². The Hall–Kier alpha value is -5.59. The van der Waals surface area contributed by atoms with Crippen LogP contribution in [0.25, 0.3) is 0 Å². The highest BCUT2D eigenvalue weighted by atomic mass is 19.2. The van der Waals surface area contributed by atoms with E-state index in [-0.39, 0.29) is 11.1 Å². The largest absolute Gasteiger partial charge is 0.494 e. The van der Waals surface area contributed by atoms with Crippen molar-refractivity contribution < 1.29 is 60.8 Å². The third-order valence-electron chi connectivity index (χ3n) is 8.10. The topological polar surface area (TPSA) is 124 Å². The van der Waals surface area contributed by atoms with E-state index >= 15 is 0 Å². The predicted octanol–water partition coefficient (Wildman–Crippen LogP) is 9.44. The van der Waals surface area contributed by atoms with Gasteiger partial charge in [0.1, 0.15) is 11.5 Å². The van der Waals surface area contributed by atoms with Gasteiger partial charge in [0.15, 0.2) is 11.6 Å². The van der Waals surface area contributed by atoms with Crippen LogP contribution in [0.5, 0.6) is 23.0 Å². The Morgan fingerprint density at radius 3 is 1.31 bits per heavy atom. The van der Waals surface area contributed by atoms with Crippen LogP contribution in [0.4, 0.5) is 13.2 Å². The van der Waals surface area contributed by atoms with Crippen molar-refractivity contribution in [3.8, 4) is 23.0 Å². The summed E-state index contributed by atoms with van der Waals surface area (Å²) in [6.07, 6.45) is 13.2. The van der Waals surface area contributed by atoms with Crippen LogP contribution in [0.1, 0.15) is 97.8 Å². The molecular weight excluding hydrogens is 721 g/mol. The number of carbonyl (C=O) groups is 4. The Morgan fingerprint density at radius 1 is 0.509 bits per heavy atom. The van der Waals surface area contributed by atoms with Crippen molar-refractivity contribution in [2.45, 2.75) is 77.0 Å². The van der Waals surface area contributed by atoms with Crippen molar-refractivity contribution in [1.82, 2.24) is 0 Å². The number of unbranched alkanes of at least 4 members (excludes halogenated alkanes) is 10. The van der Waals surface area contributed by atoms with Crippen LogP contribution in [0, 0.1) is 17.5 Å². The highest BCUT2D eigenvalue weighted by Crippen LogP contribution is 2.32. The van der Waals surface area contributed by atoms with E-state index in [2.05, 4.69) is 13.2 Å². The lowest BCUT2D eigenvalue weighted by Crippen LogP contribution is -2.14. The summed E-state index contributed by atoms with van der Waals surface area (Å²) in [6.45, 7) is 8.33. The summed E-state index contributed by atoms with van der Waals surface area (Å²) < 4.78 is 75.5. The molecule has 3 rings (SSSR count). The molecule has 3 aromatic rings. The summed E-state index contributed by atoms with van der Waals surface area (Å²) in [6, 6.07) is 11.9. The maximum atomic E-state index is 14.9. The van der Waals surface area contributed by atoms with E-state index in [4.69, 9.17) is 28.4 Å². The molecule has 0 N–H and O–H groups in total. The lowest BCUT2D eigenvalue weighted by molar-refractivity contribution is -0.138. The fourth-order valence-electron chi connectivity index (χ4n) is 5.08. The van der Waals surface area contributed by atoms with Gasteiger partial charge in [-0.3, -0.25) is 0 Å². The summed E-state index contributed by atoms with van der Waals surface area (Å²) in [5.41, 5.74) is -0.0858. The van der Waals surface area contributed by atoms with Crippen LogP contribution in [0.3, 0.4) is 0 Å². The maximum Gasteiger partial charge on any atom is 0.343 e. The Balaban J connectivity index is 1.38. The molecule has 10 nitrogen and oxygen atoms in total. The minimum Gasteiger partial charge on any atom is -0.494 e. The zero-order chi connectivity index (χ0) is 39.8. The van der Waals surface area contributed by atoms with Gasteiger partial charge in [-0.1, -0.05) is 64.5 Å². The van der Waals surface area contributed by atoms with Crippen LogP contribution in [0.2, 0.25) is 0 Å².